The van der Waals surface area contributed by atoms with Gasteiger partial charge in [-0.2, -0.15) is 0 Å². The van der Waals surface area contributed by atoms with Crippen molar-refractivity contribution in [2.45, 2.75) is 20.3 Å². The highest BCUT2D eigenvalue weighted by atomic mass is 35.5. The molecule has 0 unspecified atom stereocenters. The number of carbonyl (C=O) groups is 1. The minimum absolute atomic E-state index is 0.0382. The van der Waals surface area contributed by atoms with Gasteiger partial charge in [-0.05, 0) is 37.1 Å². The van der Waals surface area contributed by atoms with Gasteiger partial charge in [-0.25, -0.2) is 0 Å². The van der Waals surface area contributed by atoms with Crippen LogP contribution in [0.15, 0.2) is 42.5 Å². The maximum Gasteiger partial charge on any atom is 0.228 e. The predicted molar refractivity (Wildman–Crippen MR) is 79.7 cm³/mol. The third-order valence-electron chi connectivity index (χ3n) is 2.94. The van der Waals surface area contributed by atoms with Gasteiger partial charge in [0.1, 0.15) is 0 Å². The fourth-order valence-electron chi connectivity index (χ4n) is 1.77. The van der Waals surface area contributed by atoms with Crippen molar-refractivity contribution in [2.75, 3.05) is 5.32 Å². The molecule has 1 N–H and O–H groups in total. The lowest BCUT2D eigenvalue weighted by atomic mass is 10.1. The van der Waals surface area contributed by atoms with Crippen LogP contribution < -0.4 is 5.32 Å². The zero-order chi connectivity index (χ0) is 13.8. The molecule has 0 atom stereocenters. The predicted octanol–water partition coefficient (Wildman–Crippen LogP) is 4.14. The normalized spacial score (nSPS) is 10.3. The molecule has 0 aliphatic carbocycles. The van der Waals surface area contributed by atoms with E-state index in [4.69, 9.17) is 11.6 Å². The number of nitrogens with one attached hydrogen (secondary N) is 1. The van der Waals surface area contributed by atoms with Crippen LogP contribution in [-0.4, -0.2) is 5.91 Å². The molecular formula is C16H16ClNO. The van der Waals surface area contributed by atoms with E-state index in [0.29, 0.717) is 11.4 Å². The van der Waals surface area contributed by atoms with Crippen molar-refractivity contribution in [1.82, 2.24) is 0 Å². The first-order valence-electron chi connectivity index (χ1n) is 6.16. The molecule has 0 fully saturated rings. The standard InChI is InChI=1S/C16H16ClNO/c1-11-3-6-13(7-4-11)9-16(19)18-14-8-5-12(2)15(17)10-14/h3-8,10H,9H2,1-2H3,(H,18,19). The molecule has 3 heteroatoms. The summed E-state index contributed by atoms with van der Waals surface area (Å²) in [6.45, 7) is 3.96. The van der Waals surface area contributed by atoms with Gasteiger partial charge in [-0.1, -0.05) is 47.5 Å². The number of hydrogen-bond acceptors (Lipinski definition) is 1. The first-order chi connectivity index (χ1) is 9.04. The minimum atomic E-state index is -0.0382. The fourth-order valence-corrected chi connectivity index (χ4v) is 1.95. The molecular weight excluding hydrogens is 258 g/mol. The maximum atomic E-state index is 11.9. The van der Waals surface area contributed by atoms with Crippen LogP contribution in [0, 0.1) is 13.8 Å². The summed E-state index contributed by atoms with van der Waals surface area (Å²) in [6, 6.07) is 13.5. The highest BCUT2D eigenvalue weighted by Crippen LogP contribution is 2.20. The Bertz CT molecular complexity index is 590. The number of benzene rings is 2. The molecule has 0 heterocycles. The summed E-state index contributed by atoms with van der Waals surface area (Å²) >= 11 is 6.02. The average molecular weight is 274 g/mol. The van der Waals surface area contributed by atoms with Gasteiger partial charge in [0.15, 0.2) is 0 Å². The van der Waals surface area contributed by atoms with Gasteiger partial charge in [0.25, 0.3) is 0 Å². The molecule has 0 saturated heterocycles. The lowest BCUT2D eigenvalue weighted by Crippen LogP contribution is -2.14. The van der Waals surface area contributed by atoms with Gasteiger partial charge >= 0.3 is 0 Å². The van der Waals surface area contributed by atoms with Gasteiger partial charge in [0.2, 0.25) is 5.91 Å². The van der Waals surface area contributed by atoms with Crippen molar-refractivity contribution in [1.29, 1.82) is 0 Å². The molecule has 0 radical (unpaired) electrons. The van der Waals surface area contributed by atoms with Crippen molar-refractivity contribution < 1.29 is 4.79 Å². The van der Waals surface area contributed by atoms with E-state index < -0.39 is 0 Å². The van der Waals surface area contributed by atoms with Gasteiger partial charge in [0, 0.05) is 10.7 Å². The smallest absolute Gasteiger partial charge is 0.228 e. The summed E-state index contributed by atoms with van der Waals surface area (Å²) in [5.74, 6) is -0.0382. The van der Waals surface area contributed by atoms with Crippen molar-refractivity contribution in [3.8, 4) is 0 Å². The summed E-state index contributed by atoms with van der Waals surface area (Å²) < 4.78 is 0. The van der Waals surface area contributed by atoms with Crippen molar-refractivity contribution in [3.05, 3.63) is 64.2 Å². The molecule has 2 rings (SSSR count). The highest BCUT2D eigenvalue weighted by Gasteiger charge is 2.05. The Balaban J connectivity index is 2.01. The van der Waals surface area contributed by atoms with Crippen LogP contribution in [0.4, 0.5) is 5.69 Å². The Morgan fingerprint density at radius 2 is 1.79 bits per heavy atom. The number of carbonyl (C=O) groups excluding carboxylic acids is 1. The molecule has 2 aromatic rings. The molecule has 0 spiro atoms. The fraction of sp³-hybridized carbons (Fsp3) is 0.188. The van der Waals surface area contributed by atoms with Crippen LogP contribution >= 0.6 is 11.6 Å². The third kappa shape index (κ3) is 3.83. The molecule has 0 aliphatic rings. The van der Waals surface area contributed by atoms with E-state index >= 15 is 0 Å². The molecule has 0 aliphatic heterocycles. The Kier molecular flexibility index (Phi) is 4.23. The van der Waals surface area contributed by atoms with E-state index in [9.17, 15) is 4.79 Å². The van der Waals surface area contributed by atoms with Gasteiger partial charge in [-0.15, -0.1) is 0 Å². The summed E-state index contributed by atoms with van der Waals surface area (Å²) in [4.78, 5) is 11.9. The molecule has 2 aromatic carbocycles. The monoisotopic (exact) mass is 273 g/mol. The van der Waals surface area contributed by atoms with Crippen LogP contribution in [0.3, 0.4) is 0 Å². The van der Waals surface area contributed by atoms with Crippen LogP contribution in [0.1, 0.15) is 16.7 Å². The van der Waals surface area contributed by atoms with E-state index in [1.807, 2.05) is 50.2 Å². The maximum absolute atomic E-state index is 11.9. The van der Waals surface area contributed by atoms with Crippen LogP contribution in [0.2, 0.25) is 5.02 Å². The quantitative estimate of drug-likeness (QED) is 0.895. The number of rotatable bonds is 3. The Morgan fingerprint density at radius 3 is 2.42 bits per heavy atom. The number of aryl methyl sites for hydroxylation is 2. The van der Waals surface area contributed by atoms with Crippen molar-refractivity contribution in [2.24, 2.45) is 0 Å². The zero-order valence-electron chi connectivity index (χ0n) is 11.0. The van der Waals surface area contributed by atoms with E-state index in [-0.39, 0.29) is 5.91 Å². The summed E-state index contributed by atoms with van der Waals surface area (Å²) in [5.41, 5.74) is 3.92. The van der Waals surface area contributed by atoms with Gasteiger partial charge < -0.3 is 5.32 Å². The number of amides is 1. The first-order valence-corrected chi connectivity index (χ1v) is 6.54. The lowest BCUT2D eigenvalue weighted by Gasteiger charge is -2.07. The number of halogens is 1. The SMILES string of the molecule is Cc1ccc(CC(=O)Nc2ccc(C)c(Cl)c2)cc1. The lowest BCUT2D eigenvalue weighted by molar-refractivity contribution is -0.115. The summed E-state index contributed by atoms with van der Waals surface area (Å²) in [5, 5.41) is 3.51. The molecule has 2 nitrogen and oxygen atoms in total. The van der Waals surface area contributed by atoms with E-state index in [1.165, 1.54) is 5.56 Å². The largest absolute Gasteiger partial charge is 0.326 e. The van der Waals surface area contributed by atoms with E-state index in [0.717, 1.165) is 16.8 Å². The second kappa shape index (κ2) is 5.89. The van der Waals surface area contributed by atoms with Gasteiger partial charge in [-0.3, -0.25) is 4.79 Å². The Hall–Kier alpha value is -1.80. The van der Waals surface area contributed by atoms with Crippen LogP contribution in [0.5, 0.6) is 0 Å². The molecule has 0 bridgehead atoms. The van der Waals surface area contributed by atoms with Crippen LogP contribution in [0.25, 0.3) is 0 Å². The molecule has 98 valence electrons. The van der Waals surface area contributed by atoms with E-state index in [1.54, 1.807) is 6.07 Å². The number of hydrogen-bond donors (Lipinski definition) is 1. The van der Waals surface area contributed by atoms with Crippen molar-refractivity contribution in [3.63, 3.8) is 0 Å². The molecule has 0 aromatic heterocycles. The summed E-state index contributed by atoms with van der Waals surface area (Å²) in [6.07, 6.45) is 0.367. The minimum Gasteiger partial charge on any atom is -0.326 e. The molecule has 1 amide bonds. The second-order valence-corrected chi connectivity index (χ2v) is 5.08. The zero-order valence-corrected chi connectivity index (χ0v) is 11.8. The van der Waals surface area contributed by atoms with E-state index in [2.05, 4.69) is 5.32 Å². The van der Waals surface area contributed by atoms with Crippen LogP contribution in [-0.2, 0) is 11.2 Å². The average Bonchev–Trinajstić information content (AvgIpc) is 2.37. The first kappa shape index (κ1) is 13.6. The summed E-state index contributed by atoms with van der Waals surface area (Å²) in [7, 11) is 0. The Morgan fingerprint density at radius 1 is 1.11 bits per heavy atom. The third-order valence-corrected chi connectivity index (χ3v) is 3.35. The van der Waals surface area contributed by atoms with Crippen molar-refractivity contribution >= 4 is 23.2 Å². The number of anilines is 1. The molecule has 19 heavy (non-hydrogen) atoms. The molecule has 0 saturated carbocycles. The second-order valence-electron chi connectivity index (χ2n) is 4.67. The highest BCUT2D eigenvalue weighted by molar-refractivity contribution is 6.31. The topological polar surface area (TPSA) is 29.1 Å². The van der Waals surface area contributed by atoms with Gasteiger partial charge in [0.05, 0.1) is 6.42 Å². The Labute approximate surface area is 118 Å².